The van der Waals surface area contributed by atoms with Crippen molar-refractivity contribution in [3.05, 3.63) is 0 Å². The van der Waals surface area contributed by atoms with Crippen LogP contribution in [0.2, 0.25) is 0 Å². The molecular weight excluding hydrogens is 234 g/mol. The fourth-order valence-electron chi connectivity index (χ4n) is 1.41. The van der Waals surface area contributed by atoms with Crippen molar-refractivity contribution < 1.29 is 19.4 Å². The molecule has 0 fully saturated rings. The lowest BCUT2D eigenvalue weighted by molar-refractivity contribution is -0.137. The molecule has 0 rings (SSSR count). The van der Waals surface area contributed by atoms with E-state index < -0.39 is 11.6 Å². The summed E-state index contributed by atoms with van der Waals surface area (Å²) in [6.07, 6.45) is 3.30. The van der Waals surface area contributed by atoms with Crippen molar-refractivity contribution in [3.63, 3.8) is 0 Å². The summed E-state index contributed by atoms with van der Waals surface area (Å²) in [5.41, 5.74) is -0.465. The minimum atomic E-state index is -0.749. The standard InChI is InChI=1S/C13H25NO4/c1-13(2,3)18-12(17)14(4)10-8-6-5-7-9-11(15)16/h5-10H2,1-4H3,(H,15,16). The topological polar surface area (TPSA) is 66.8 Å². The highest BCUT2D eigenvalue weighted by molar-refractivity contribution is 5.67. The number of aliphatic carboxylic acids is 1. The molecule has 1 N–H and O–H groups in total. The molecule has 0 aromatic rings. The first kappa shape index (κ1) is 16.7. The molecule has 0 radical (unpaired) electrons. The smallest absolute Gasteiger partial charge is 0.410 e. The number of amides is 1. The van der Waals surface area contributed by atoms with Crippen LogP contribution in [0.3, 0.4) is 0 Å². The fourth-order valence-corrected chi connectivity index (χ4v) is 1.41. The van der Waals surface area contributed by atoms with Gasteiger partial charge in [0.15, 0.2) is 0 Å². The second-order valence-electron chi connectivity index (χ2n) is 5.46. The molecule has 0 spiro atoms. The average molecular weight is 259 g/mol. The molecule has 1 amide bonds. The van der Waals surface area contributed by atoms with Crippen LogP contribution in [0, 0.1) is 0 Å². The van der Waals surface area contributed by atoms with Crippen LogP contribution in [0.1, 0.15) is 52.9 Å². The number of nitrogens with zero attached hydrogens (tertiary/aromatic N) is 1. The first-order valence-corrected chi connectivity index (χ1v) is 6.38. The van der Waals surface area contributed by atoms with Gasteiger partial charge in [-0.25, -0.2) is 4.79 Å². The zero-order chi connectivity index (χ0) is 14.2. The molecule has 0 saturated carbocycles. The predicted molar refractivity (Wildman–Crippen MR) is 69.6 cm³/mol. The van der Waals surface area contributed by atoms with E-state index in [9.17, 15) is 9.59 Å². The van der Waals surface area contributed by atoms with Crippen LogP contribution in [0.5, 0.6) is 0 Å². The SMILES string of the molecule is CN(CCCCCCC(=O)O)C(=O)OC(C)(C)C. The first-order chi connectivity index (χ1) is 8.22. The van der Waals surface area contributed by atoms with Crippen LogP contribution in [-0.4, -0.2) is 41.3 Å². The number of hydrogen-bond donors (Lipinski definition) is 1. The number of carboxylic acid groups (broad SMARTS) is 1. The molecule has 0 saturated heterocycles. The Morgan fingerprint density at radius 3 is 2.17 bits per heavy atom. The lowest BCUT2D eigenvalue weighted by Crippen LogP contribution is -2.34. The van der Waals surface area contributed by atoms with E-state index in [1.807, 2.05) is 20.8 Å². The number of unbranched alkanes of at least 4 members (excludes halogenated alkanes) is 3. The molecule has 5 nitrogen and oxygen atoms in total. The normalized spacial score (nSPS) is 11.1. The molecule has 18 heavy (non-hydrogen) atoms. The lowest BCUT2D eigenvalue weighted by atomic mass is 10.1. The zero-order valence-electron chi connectivity index (χ0n) is 11.9. The Labute approximate surface area is 109 Å². The Balaban J connectivity index is 3.61. The monoisotopic (exact) mass is 259 g/mol. The summed E-state index contributed by atoms with van der Waals surface area (Å²) in [7, 11) is 1.71. The van der Waals surface area contributed by atoms with Crippen LogP contribution < -0.4 is 0 Å². The number of carboxylic acids is 1. The van der Waals surface area contributed by atoms with Gasteiger partial charge < -0.3 is 14.7 Å². The molecule has 0 aliphatic carbocycles. The van der Waals surface area contributed by atoms with E-state index in [0.717, 1.165) is 19.3 Å². The Morgan fingerprint density at radius 1 is 1.11 bits per heavy atom. The van der Waals surface area contributed by atoms with E-state index in [2.05, 4.69) is 0 Å². The van der Waals surface area contributed by atoms with Gasteiger partial charge in [-0.15, -0.1) is 0 Å². The summed E-state index contributed by atoms with van der Waals surface area (Å²) < 4.78 is 5.22. The molecule has 106 valence electrons. The van der Waals surface area contributed by atoms with E-state index in [-0.39, 0.29) is 12.5 Å². The number of rotatable bonds is 7. The van der Waals surface area contributed by atoms with Crippen LogP contribution >= 0.6 is 0 Å². The summed E-state index contributed by atoms with van der Waals surface area (Å²) in [6, 6.07) is 0. The van der Waals surface area contributed by atoms with Crippen molar-refractivity contribution in [2.24, 2.45) is 0 Å². The fraction of sp³-hybridized carbons (Fsp3) is 0.846. The molecule has 0 heterocycles. The third-order valence-electron chi connectivity index (χ3n) is 2.34. The third kappa shape index (κ3) is 9.93. The van der Waals surface area contributed by atoms with E-state index in [4.69, 9.17) is 9.84 Å². The predicted octanol–water partition coefficient (Wildman–Crippen LogP) is 2.89. The van der Waals surface area contributed by atoms with Crippen molar-refractivity contribution in [1.29, 1.82) is 0 Å². The van der Waals surface area contributed by atoms with Crippen molar-refractivity contribution in [1.82, 2.24) is 4.90 Å². The first-order valence-electron chi connectivity index (χ1n) is 6.38. The Kier molecular flexibility index (Phi) is 7.39. The van der Waals surface area contributed by atoms with Gasteiger partial charge >= 0.3 is 12.1 Å². The van der Waals surface area contributed by atoms with Gasteiger partial charge in [0.25, 0.3) is 0 Å². The Bertz CT molecular complexity index is 271. The summed E-state index contributed by atoms with van der Waals surface area (Å²) in [5, 5.41) is 8.47. The van der Waals surface area contributed by atoms with Gasteiger partial charge in [-0.3, -0.25) is 4.79 Å². The van der Waals surface area contributed by atoms with Crippen LogP contribution in [0.15, 0.2) is 0 Å². The summed E-state index contributed by atoms with van der Waals surface area (Å²) in [6.45, 7) is 6.15. The van der Waals surface area contributed by atoms with Crippen molar-refractivity contribution in [2.75, 3.05) is 13.6 Å². The van der Waals surface area contributed by atoms with Gasteiger partial charge in [-0.05, 0) is 33.6 Å². The summed E-state index contributed by atoms with van der Waals surface area (Å²) >= 11 is 0. The lowest BCUT2D eigenvalue weighted by Gasteiger charge is -2.24. The molecule has 0 aromatic heterocycles. The molecule has 0 atom stereocenters. The van der Waals surface area contributed by atoms with Gasteiger partial charge in [-0.1, -0.05) is 12.8 Å². The highest BCUT2D eigenvalue weighted by Gasteiger charge is 2.18. The maximum Gasteiger partial charge on any atom is 0.410 e. The molecule has 0 aromatic carbocycles. The van der Waals surface area contributed by atoms with Gasteiger partial charge in [0, 0.05) is 20.0 Å². The van der Waals surface area contributed by atoms with Gasteiger partial charge in [0.05, 0.1) is 0 Å². The van der Waals surface area contributed by atoms with E-state index in [1.54, 1.807) is 11.9 Å². The average Bonchev–Trinajstić information content (AvgIpc) is 2.19. The maximum absolute atomic E-state index is 11.6. The highest BCUT2D eigenvalue weighted by atomic mass is 16.6. The van der Waals surface area contributed by atoms with Crippen LogP contribution in [0.25, 0.3) is 0 Å². The molecule has 0 unspecified atom stereocenters. The Hall–Kier alpha value is -1.26. The van der Waals surface area contributed by atoms with Crippen molar-refractivity contribution in [2.45, 2.75) is 58.5 Å². The second-order valence-corrected chi connectivity index (χ2v) is 5.46. The van der Waals surface area contributed by atoms with Crippen LogP contribution in [-0.2, 0) is 9.53 Å². The zero-order valence-corrected chi connectivity index (χ0v) is 11.9. The number of ether oxygens (including phenoxy) is 1. The van der Waals surface area contributed by atoms with E-state index in [1.165, 1.54) is 0 Å². The maximum atomic E-state index is 11.6. The number of carbonyl (C=O) groups is 2. The largest absolute Gasteiger partial charge is 0.481 e. The minimum absolute atomic E-state index is 0.224. The number of carbonyl (C=O) groups excluding carboxylic acids is 1. The quantitative estimate of drug-likeness (QED) is 0.714. The Morgan fingerprint density at radius 2 is 1.67 bits per heavy atom. The van der Waals surface area contributed by atoms with Crippen LogP contribution in [0.4, 0.5) is 4.79 Å². The highest BCUT2D eigenvalue weighted by Crippen LogP contribution is 2.10. The molecule has 0 aliphatic rings. The van der Waals surface area contributed by atoms with Gasteiger partial charge in [0.2, 0.25) is 0 Å². The summed E-state index contributed by atoms with van der Waals surface area (Å²) in [4.78, 5) is 23.4. The molecule has 0 bridgehead atoms. The van der Waals surface area contributed by atoms with E-state index in [0.29, 0.717) is 13.0 Å². The molecule has 5 heteroatoms. The van der Waals surface area contributed by atoms with Gasteiger partial charge in [-0.2, -0.15) is 0 Å². The second kappa shape index (κ2) is 7.95. The van der Waals surface area contributed by atoms with Crippen molar-refractivity contribution in [3.8, 4) is 0 Å². The minimum Gasteiger partial charge on any atom is -0.481 e. The van der Waals surface area contributed by atoms with Gasteiger partial charge in [0.1, 0.15) is 5.60 Å². The summed E-state index contributed by atoms with van der Waals surface area (Å²) in [5.74, 6) is -0.749. The molecule has 0 aliphatic heterocycles. The van der Waals surface area contributed by atoms with E-state index >= 15 is 0 Å². The third-order valence-corrected chi connectivity index (χ3v) is 2.34. The van der Waals surface area contributed by atoms with Crippen molar-refractivity contribution >= 4 is 12.1 Å². The molecular formula is C13H25NO4. The number of hydrogen-bond acceptors (Lipinski definition) is 3.